The van der Waals surface area contributed by atoms with Gasteiger partial charge in [-0.3, -0.25) is 33.6 Å². The van der Waals surface area contributed by atoms with E-state index in [0.29, 0.717) is 11.3 Å². The lowest BCUT2D eigenvalue weighted by Gasteiger charge is -2.41. The molecule has 2 aliphatic carbocycles. The van der Waals surface area contributed by atoms with E-state index < -0.39 is 59.0 Å². The summed E-state index contributed by atoms with van der Waals surface area (Å²) >= 11 is 0. The number of fused-ring (bicyclic) bond motifs is 3. The Morgan fingerprint density at radius 2 is 1.11 bits per heavy atom. The van der Waals surface area contributed by atoms with Crippen LogP contribution in [0.15, 0.2) is 91.0 Å². The summed E-state index contributed by atoms with van der Waals surface area (Å²) in [4.78, 5) is 102. The molecule has 8 rings (SSSR count). The lowest BCUT2D eigenvalue weighted by atomic mass is 9.83. The molecule has 2 heterocycles. The minimum absolute atomic E-state index is 0.0708. The van der Waals surface area contributed by atoms with E-state index in [0.717, 1.165) is 66.3 Å². The molecule has 0 radical (unpaired) electrons. The van der Waals surface area contributed by atoms with Crippen LogP contribution in [0.3, 0.4) is 0 Å². The van der Waals surface area contributed by atoms with Gasteiger partial charge in [-0.15, -0.1) is 0 Å². The molecule has 0 bridgehead atoms. The Hall–Kier alpha value is -7.11. The van der Waals surface area contributed by atoms with Crippen molar-refractivity contribution in [3.05, 3.63) is 136 Å². The van der Waals surface area contributed by atoms with Crippen LogP contribution in [0.1, 0.15) is 149 Å². The van der Waals surface area contributed by atoms with E-state index in [1.165, 1.54) is 16.0 Å². The number of benzene rings is 4. The van der Waals surface area contributed by atoms with Crippen molar-refractivity contribution < 1.29 is 38.3 Å². The lowest BCUT2D eigenvalue weighted by molar-refractivity contribution is -0.147. The van der Waals surface area contributed by atoms with Crippen molar-refractivity contribution in [2.45, 2.75) is 174 Å². The quantitative estimate of drug-likeness (QED) is 0.0666. The SMILES string of the molecule is CN[C@@H](C)C(=O)N[C@H](C(=O)N1Cc2ccc(OCc3ccc(C(=O)N[C@H]4C[C@@H](C(=O)N[C@@H]5CCCc6ccccc65)N(C(=O)[C@@H](NC(=O)[C@H](C)NC)C(C)(C)C)C4)cc3)cc2C[C@@H]1C(=O)N[C@@H]1CCCc2ccccc21)C(C)(C)C. The molecular weight excluding hydrogens is 1010 g/mol. The first kappa shape index (κ1) is 59.0. The second-order valence-corrected chi connectivity index (χ2v) is 24.5. The summed E-state index contributed by atoms with van der Waals surface area (Å²) < 4.78 is 6.34. The van der Waals surface area contributed by atoms with E-state index in [2.05, 4.69) is 55.4 Å². The molecule has 4 aliphatic rings. The monoisotopic (exact) mass is 1090 g/mol. The van der Waals surface area contributed by atoms with E-state index in [-0.39, 0.29) is 80.1 Å². The number of carbonyl (C=O) groups excluding carboxylic acids is 7. The number of hydrogen-bond acceptors (Lipinski definition) is 10. The molecule has 0 aromatic heterocycles. The topological polar surface area (TPSA) is 219 Å². The number of amides is 7. The standard InChI is InChI=1S/C63H83N9O8/c1-37(64-9)55(73)69-53(62(3,4)5)60(78)71-34-43-29-30-46(31-44(43)32-51(71)58(76)67-49-23-15-19-40-17-11-13-21-47(40)49)80-36-39-25-27-42(28-26-39)57(75)66-45-33-52(59(77)68-50-24-16-20-41-18-12-14-22-48(41)50)72(35-45)61(79)54(63(6,7)8)70-56(74)38(2)65-10/h11-14,17-18,21-22,25-31,37-38,45,49-54,64-65H,15-16,19-20,23-24,32-36H2,1-10H3,(H,66,75)(H,67,76)(H,68,77)(H,69,73)(H,70,74)/t37-,38-,45-,49+,50+,51+,52-,53+,54+/m0/s1. The predicted octanol–water partition coefficient (Wildman–Crippen LogP) is 5.88. The highest BCUT2D eigenvalue weighted by molar-refractivity contribution is 5.97. The van der Waals surface area contributed by atoms with Gasteiger partial charge in [0, 0.05) is 31.1 Å². The number of hydrogen-bond donors (Lipinski definition) is 7. The van der Waals surface area contributed by atoms with Gasteiger partial charge < -0.3 is 51.8 Å². The first-order valence-electron chi connectivity index (χ1n) is 28.5. The first-order valence-corrected chi connectivity index (χ1v) is 28.5. The second-order valence-electron chi connectivity index (χ2n) is 24.5. The second kappa shape index (κ2) is 25.1. The van der Waals surface area contributed by atoms with Crippen LogP contribution >= 0.6 is 0 Å². The molecule has 80 heavy (non-hydrogen) atoms. The fourth-order valence-corrected chi connectivity index (χ4v) is 11.5. The lowest BCUT2D eigenvalue weighted by Crippen LogP contribution is -2.62. The number of ether oxygens (including phenoxy) is 1. The minimum atomic E-state index is -0.947. The van der Waals surface area contributed by atoms with Crippen molar-refractivity contribution in [1.82, 2.24) is 47.0 Å². The third-order valence-electron chi connectivity index (χ3n) is 16.6. The predicted molar refractivity (Wildman–Crippen MR) is 307 cm³/mol. The van der Waals surface area contributed by atoms with E-state index in [9.17, 15) is 33.6 Å². The van der Waals surface area contributed by atoms with Gasteiger partial charge in [0.2, 0.25) is 35.4 Å². The van der Waals surface area contributed by atoms with Crippen LogP contribution < -0.4 is 42.0 Å². The molecule has 2 aliphatic heterocycles. The molecule has 0 unspecified atom stereocenters. The molecule has 0 saturated carbocycles. The Bertz CT molecular complexity index is 2930. The molecule has 0 spiro atoms. The van der Waals surface area contributed by atoms with Gasteiger partial charge in [0.1, 0.15) is 36.5 Å². The fraction of sp³-hybridized carbons (Fsp3) is 0.508. The molecule has 428 valence electrons. The molecule has 7 amide bonds. The van der Waals surface area contributed by atoms with Crippen molar-refractivity contribution in [1.29, 1.82) is 0 Å². The van der Waals surface area contributed by atoms with E-state index >= 15 is 0 Å². The van der Waals surface area contributed by atoms with Crippen molar-refractivity contribution >= 4 is 41.4 Å². The third-order valence-corrected chi connectivity index (χ3v) is 16.6. The molecule has 4 aromatic carbocycles. The highest BCUT2D eigenvalue weighted by atomic mass is 16.5. The zero-order chi connectivity index (χ0) is 57.6. The summed E-state index contributed by atoms with van der Waals surface area (Å²) in [7, 11) is 3.36. The number of aryl methyl sites for hydroxylation is 2. The summed E-state index contributed by atoms with van der Waals surface area (Å²) in [5, 5.41) is 21.5. The summed E-state index contributed by atoms with van der Waals surface area (Å²) in [5.74, 6) is -1.74. The number of likely N-dealkylation sites (N-methyl/N-ethyl adjacent to an activating group) is 2. The Labute approximate surface area is 471 Å². The van der Waals surface area contributed by atoms with Crippen molar-refractivity contribution in [3.63, 3.8) is 0 Å². The van der Waals surface area contributed by atoms with Crippen molar-refractivity contribution in [2.24, 2.45) is 10.8 Å². The normalized spacial score (nSPS) is 21.2. The molecule has 4 aromatic rings. The maximum atomic E-state index is 14.8. The molecule has 1 fully saturated rings. The van der Waals surface area contributed by atoms with Crippen LogP contribution in [0.25, 0.3) is 0 Å². The van der Waals surface area contributed by atoms with Crippen LogP contribution in [0, 0.1) is 10.8 Å². The number of nitrogens with zero attached hydrogens (tertiary/aromatic N) is 2. The van der Waals surface area contributed by atoms with Crippen LogP contribution in [0.2, 0.25) is 0 Å². The Morgan fingerprint density at radius 3 is 1.64 bits per heavy atom. The third kappa shape index (κ3) is 13.7. The number of rotatable bonds is 17. The van der Waals surface area contributed by atoms with Crippen molar-refractivity contribution in [3.8, 4) is 5.75 Å². The molecule has 1 saturated heterocycles. The summed E-state index contributed by atoms with van der Waals surface area (Å²) in [5.41, 5.74) is 6.10. The zero-order valence-corrected chi connectivity index (χ0v) is 48.3. The number of likely N-dealkylation sites (tertiary alicyclic amines) is 1. The van der Waals surface area contributed by atoms with Crippen LogP contribution in [-0.4, -0.2) is 114 Å². The molecule has 9 atom stereocenters. The first-order chi connectivity index (χ1) is 38.0. The van der Waals surface area contributed by atoms with Crippen molar-refractivity contribution in [2.75, 3.05) is 20.6 Å². The maximum Gasteiger partial charge on any atom is 0.251 e. The molecule has 7 N–H and O–H groups in total. The highest BCUT2D eigenvalue weighted by Gasteiger charge is 2.47. The van der Waals surface area contributed by atoms with Gasteiger partial charge in [0.25, 0.3) is 5.91 Å². The minimum Gasteiger partial charge on any atom is -0.489 e. The van der Waals surface area contributed by atoms with Gasteiger partial charge in [-0.1, -0.05) is 108 Å². The Kier molecular flexibility index (Phi) is 18.5. The van der Waals surface area contributed by atoms with E-state index in [4.69, 9.17) is 4.74 Å². The maximum absolute atomic E-state index is 14.8. The van der Waals surface area contributed by atoms with Gasteiger partial charge in [-0.05, 0) is 147 Å². The summed E-state index contributed by atoms with van der Waals surface area (Å²) in [6.07, 6.45) is 5.67. The van der Waals surface area contributed by atoms with Crippen LogP contribution in [-0.2, 0) is 61.2 Å². The number of carbonyl (C=O) groups is 7. The average Bonchev–Trinajstić information content (AvgIpc) is 3.89. The smallest absolute Gasteiger partial charge is 0.251 e. The molecular formula is C63H83N9O8. The van der Waals surface area contributed by atoms with Gasteiger partial charge in [-0.25, -0.2) is 0 Å². The fourth-order valence-electron chi connectivity index (χ4n) is 11.5. The largest absolute Gasteiger partial charge is 0.489 e. The van der Waals surface area contributed by atoms with E-state index in [1.807, 2.05) is 102 Å². The Balaban J connectivity index is 0.955. The van der Waals surface area contributed by atoms with E-state index in [1.54, 1.807) is 45.0 Å². The molecule has 17 heteroatoms. The molecule has 17 nitrogen and oxygen atoms in total. The number of nitrogens with one attached hydrogen (secondary N) is 7. The van der Waals surface area contributed by atoms with Gasteiger partial charge >= 0.3 is 0 Å². The average molecular weight is 1090 g/mol. The summed E-state index contributed by atoms with van der Waals surface area (Å²) in [6.45, 7) is 15.2. The highest BCUT2D eigenvalue weighted by Crippen LogP contribution is 2.35. The van der Waals surface area contributed by atoms with Gasteiger partial charge in [0.15, 0.2) is 0 Å². The Morgan fingerprint density at radius 1 is 0.600 bits per heavy atom. The zero-order valence-electron chi connectivity index (χ0n) is 48.3. The summed E-state index contributed by atoms with van der Waals surface area (Å²) in [6, 6.07) is 23.3. The van der Waals surface area contributed by atoms with Gasteiger partial charge in [-0.2, -0.15) is 0 Å². The van der Waals surface area contributed by atoms with Gasteiger partial charge in [0.05, 0.1) is 24.2 Å². The van der Waals surface area contributed by atoms with Crippen LogP contribution in [0.5, 0.6) is 5.75 Å². The van der Waals surface area contributed by atoms with Crippen LogP contribution in [0.4, 0.5) is 0 Å².